The lowest BCUT2D eigenvalue weighted by molar-refractivity contribution is 0.859. The van der Waals surface area contributed by atoms with Crippen LogP contribution in [0.2, 0.25) is 0 Å². The van der Waals surface area contributed by atoms with Gasteiger partial charge in [-0.15, -0.1) is 10.2 Å². The van der Waals surface area contributed by atoms with Gasteiger partial charge in [0.1, 0.15) is 10.7 Å². The molecule has 0 amide bonds. The fourth-order valence-corrected chi connectivity index (χ4v) is 3.93. The molecule has 23 heavy (non-hydrogen) atoms. The first-order chi connectivity index (χ1) is 11.3. The molecule has 1 aromatic carbocycles. The second-order valence-corrected chi connectivity index (χ2v) is 6.83. The summed E-state index contributed by atoms with van der Waals surface area (Å²) in [5, 5.41) is 21.8. The molecule has 3 aromatic heterocycles. The summed E-state index contributed by atoms with van der Waals surface area (Å²) >= 11 is 1.55. The molecule has 0 fully saturated rings. The van der Waals surface area contributed by atoms with E-state index in [1.54, 1.807) is 11.3 Å². The molecule has 0 saturated carbocycles. The van der Waals surface area contributed by atoms with E-state index in [0.717, 1.165) is 39.9 Å². The number of rotatable bonds is 2. The van der Waals surface area contributed by atoms with Crippen LogP contribution in [0.5, 0.6) is 0 Å². The van der Waals surface area contributed by atoms with E-state index in [9.17, 15) is 0 Å². The highest BCUT2D eigenvalue weighted by atomic mass is 32.1. The summed E-state index contributed by atoms with van der Waals surface area (Å²) in [4.78, 5) is 0.797. The van der Waals surface area contributed by atoms with Crippen molar-refractivity contribution >= 4 is 16.3 Å². The largest absolute Gasteiger partial charge is 0.282 e. The number of aromatic nitrogens is 6. The Hall–Kier alpha value is -2.54. The number of nitrogens with zero attached hydrogens (tertiary/aromatic N) is 5. The van der Waals surface area contributed by atoms with Gasteiger partial charge in [0.15, 0.2) is 0 Å². The minimum Gasteiger partial charge on any atom is -0.282 e. The molecule has 0 aliphatic heterocycles. The van der Waals surface area contributed by atoms with Crippen LogP contribution in [0, 0.1) is 6.92 Å². The number of hydrogen-bond acceptors (Lipinski definition) is 5. The zero-order valence-electron chi connectivity index (χ0n) is 12.6. The van der Waals surface area contributed by atoms with Crippen molar-refractivity contribution < 1.29 is 0 Å². The first kappa shape index (κ1) is 13.0. The molecule has 7 heteroatoms. The molecular weight excluding hydrogens is 308 g/mol. The Morgan fingerprint density at radius 2 is 2.00 bits per heavy atom. The minimum atomic E-state index is 0.731. The van der Waals surface area contributed by atoms with E-state index < -0.39 is 0 Å². The van der Waals surface area contributed by atoms with Gasteiger partial charge in [0.05, 0.1) is 0 Å². The van der Waals surface area contributed by atoms with Crippen molar-refractivity contribution in [2.24, 2.45) is 0 Å². The van der Waals surface area contributed by atoms with Crippen LogP contribution >= 0.6 is 11.3 Å². The van der Waals surface area contributed by atoms with Crippen LogP contribution in [0.3, 0.4) is 0 Å². The number of fused-ring (bicyclic) bond motifs is 2. The first-order valence-corrected chi connectivity index (χ1v) is 8.47. The van der Waals surface area contributed by atoms with E-state index in [2.05, 4.69) is 51.6 Å². The molecule has 0 bridgehead atoms. The van der Waals surface area contributed by atoms with Gasteiger partial charge in [0.2, 0.25) is 10.8 Å². The number of aryl methyl sites for hydroxylation is 2. The van der Waals surface area contributed by atoms with Crippen molar-refractivity contribution in [3.05, 3.63) is 41.1 Å². The predicted molar refractivity (Wildman–Crippen MR) is 88.4 cm³/mol. The molecule has 4 aromatic rings. The third-order valence-corrected chi connectivity index (χ3v) is 5.26. The van der Waals surface area contributed by atoms with Crippen LogP contribution in [-0.2, 0) is 12.8 Å². The van der Waals surface area contributed by atoms with Crippen molar-refractivity contribution in [2.45, 2.75) is 26.2 Å². The van der Waals surface area contributed by atoms with Crippen LogP contribution in [0.25, 0.3) is 27.1 Å². The molecule has 6 nitrogen and oxygen atoms in total. The number of H-pyrrole nitrogens is 1. The maximum absolute atomic E-state index is 4.71. The molecule has 1 aliphatic carbocycles. The predicted octanol–water partition coefficient (Wildman–Crippen LogP) is 3.04. The van der Waals surface area contributed by atoms with Gasteiger partial charge in [-0.1, -0.05) is 41.2 Å². The summed E-state index contributed by atoms with van der Waals surface area (Å²) in [6.07, 6.45) is 3.28. The van der Waals surface area contributed by atoms with Crippen molar-refractivity contribution in [2.75, 3.05) is 0 Å². The van der Waals surface area contributed by atoms with Gasteiger partial charge in [-0.25, -0.2) is 0 Å². The van der Waals surface area contributed by atoms with Gasteiger partial charge in [-0.2, -0.15) is 14.7 Å². The van der Waals surface area contributed by atoms with Crippen LogP contribution in [-0.4, -0.2) is 30.0 Å². The van der Waals surface area contributed by atoms with E-state index in [1.165, 1.54) is 23.2 Å². The zero-order chi connectivity index (χ0) is 15.4. The molecule has 0 saturated heterocycles. The van der Waals surface area contributed by atoms with E-state index in [0.29, 0.717) is 0 Å². The quantitative estimate of drug-likeness (QED) is 0.616. The van der Waals surface area contributed by atoms with Crippen LogP contribution in [0.1, 0.15) is 23.2 Å². The fraction of sp³-hybridized carbons (Fsp3) is 0.250. The van der Waals surface area contributed by atoms with Crippen molar-refractivity contribution in [3.8, 4) is 22.1 Å². The summed E-state index contributed by atoms with van der Waals surface area (Å²) in [7, 11) is 0. The summed E-state index contributed by atoms with van der Waals surface area (Å²) in [6, 6.07) is 8.37. The Balaban J connectivity index is 1.65. The summed E-state index contributed by atoms with van der Waals surface area (Å²) in [5.74, 6) is 0.731. The molecule has 0 atom stereocenters. The van der Waals surface area contributed by atoms with Crippen molar-refractivity contribution in [1.29, 1.82) is 0 Å². The number of hydrogen-bond donors (Lipinski definition) is 1. The standard InChI is InChI=1S/C16H14N6S/c1-9-5-7-10(8-6-9)15-21-22-14(19-20-16(22)23-15)13-11-3-2-4-12(11)17-18-13/h5-8H,2-4H2,1H3,(H,17,18). The number of aromatic amines is 1. The SMILES string of the molecule is Cc1ccc(-c2nn3c(-c4n[nH]c5c4CCC5)nnc3s2)cc1. The summed E-state index contributed by atoms with van der Waals surface area (Å²) in [5.41, 5.74) is 5.73. The molecular formula is C16H14N6S. The topological polar surface area (TPSA) is 71.8 Å². The van der Waals surface area contributed by atoms with Gasteiger partial charge in [0.25, 0.3) is 0 Å². The number of benzene rings is 1. The second-order valence-electron chi connectivity index (χ2n) is 5.87. The second kappa shape index (κ2) is 4.73. The van der Waals surface area contributed by atoms with Gasteiger partial charge in [-0.3, -0.25) is 5.10 Å². The van der Waals surface area contributed by atoms with Crippen molar-refractivity contribution in [1.82, 2.24) is 30.0 Å². The molecule has 3 heterocycles. The summed E-state index contributed by atoms with van der Waals surface area (Å²) < 4.78 is 1.81. The van der Waals surface area contributed by atoms with Crippen LogP contribution < -0.4 is 0 Å². The Morgan fingerprint density at radius 1 is 1.13 bits per heavy atom. The van der Waals surface area contributed by atoms with Gasteiger partial charge in [-0.05, 0) is 26.2 Å². The molecule has 0 unspecified atom stereocenters. The van der Waals surface area contributed by atoms with E-state index in [4.69, 9.17) is 5.10 Å². The Labute approximate surface area is 136 Å². The Bertz CT molecular complexity index is 1010. The highest BCUT2D eigenvalue weighted by Crippen LogP contribution is 2.32. The minimum absolute atomic E-state index is 0.731. The molecule has 0 radical (unpaired) electrons. The average molecular weight is 322 g/mol. The lowest BCUT2D eigenvalue weighted by Gasteiger charge is -1.97. The average Bonchev–Trinajstić information content (AvgIpc) is 3.28. The monoisotopic (exact) mass is 322 g/mol. The Kier molecular flexibility index (Phi) is 2.66. The lowest BCUT2D eigenvalue weighted by atomic mass is 10.2. The van der Waals surface area contributed by atoms with Crippen LogP contribution in [0.4, 0.5) is 0 Å². The highest BCUT2D eigenvalue weighted by Gasteiger charge is 2.24. The molecule has 5 rings (SSSR count). The Morgan fingerprint density at radius 3 is 2.87 bits per heavy atom. The third kappa shape index (κ3) is 1.93. The smallest absolute Gasteiger partial charge is 0.235 e. The number of nitrogens with one attached hydrogen (secondary N) is 1. The third-order valence-electron chi connectivity index (χ3n) is 4.31. The molecule has 0 spiro atoms. The molecule has 1 N–H and O–H groups in total. The lowest BCUT2D eigenvalue weighted by Crippen LogP contribution is -1.94. The van der Waals surface area contributed by atoms with Gasteiger partial charge < -0.3 is 0 Å². The maximum Gasteiger partial charge on any atom is 0.235 e. The highest BCUT2D eigenvalue weighted by molar-refractivity contribution is 7.19. The molecule has 1 aliphatic rings. The normalized spacial score (nSPS) is 13.8. The summed E-state index contributed by atoms with van der Waals surface area (Å²) in [6.45, 7) is 2.08. The van der Waals surface area contributed by atoms with E-state index >= 15 is 0 Å². The van der Waals surface area contributed by atoms with Gasteiger partial charge >= 0.3 is 0 Å². The molecule has 114 valence electrons. The van der Waals surface area contributed by atoms with Gasteiger partial charge in [0, 0.05) is 16.8 Å². The van der Waals surface area contributed by atoms with Crippen molar-refractivity contribution in [3.63, 3.8) is 0 Å². The zero-order valence-corrected chi connectivity index (χ0v) is 13.4. The van der Waals surface area contributed by atoms with E-state index in [-0.39, 0.29) is 0 Å². The fourth-order valence-electron chi connectivity index (χ4n) is 3.08. The van der Waals surface area contributed by atoms with E-state index in [1.807, 2.05) is 4.52 Å². The first-order valence-electron chi connectivity index (χ1n) is 7.65. The maximum atomic E-state index is 4.71. The van der Waals surface area contributed by atoms with Crippen LogP contribution in [0.15, 0.2) is 24.3 Å².